The lowest BCUT2D eigenvalue weighted by atomic mass is 9.83. The van der Waals surface area contributed by atoms with E-state index in [4.69, 9.17) is 32.7 Å². The summed E-state index contributed by atoms with van der Waals surface area (Å²) in [6, 6.07) is 5.85. The summed E-state index contributed by atoms with van der Waals surface area (Å²) in [6.45, 7) is 3.52. The summed E-state index contributed by atoms with van der Waals surface area (Å²) in [5.41, 5.74) is 0.888. The van der Waals surface area contributed by atoms with E-state index < -0.39 is 5.79 Å². The maximum atomic E-state index is 13.0. The molecule has 1 aliphatic carbocycles. The second-order valence-electron chi connectivity index (χ2n) is 8.16. The summed E-state index contributed by atoms with van der Waals surface area (Å²) in [7, 11) is 1.93. The molecular weight excluding hydrogens is 399 g/mol. The van der Waals surface area contributed by atoms with Gasteiger partial charge in [0.1, 0.15) is 0 Å². The van der Waals surface area contributed by atoms with Crippen molar-refractivity contribution in [1.29, 1.82) is 0 Å². The van der Waals surface area contributed by atoms with E-state index in [1.165, 1.54) is 12.8 Å². The Kier molecular flexibility index (Phi) is 6.19. The molecule has 2 atom stereocenters. The topological polar surface area (TPSA) is 42.0 Å². The molecule has 1 amide bonds. The average molecular weight is 427 g/mol. The van der Waals surface area contributed by atoms with Crippen molar-refractivity contribution in [3.05, 3.63) is 33.8 Å². The number of amides is 1. The van der Waals surface area contributed by atoms with Gasteiger partial charge in [0.2, 0.25) is 5.91 Å². The van der Waals surface area contributed by atoms with Gasteiger partial charge >= 0.3 is 0 Å². The normalized spacial score (nSPS) is 27.4. The molecule has 1 aromatic carbocycles. The van der Waals surface area contributed by atoms with E-state index in [9.17, 15) is 4.79 Å². The Morgan fingerprint density at radius 1 is 1.21 bits per heavy atom. The lowest BCUT2D eigenvalue weighted by molar-refractivity contribution is -0.198. The van der Waals surface area contributed by atoms with Crippen LogP contribution in [0.1, 0.15) is 37.7 Å². The third-order valence-corrected chi connectivity index (χ3v) is 7.18. The summed E-state index contributed by atoms with van der Waals surface area (Å²) in [5, 5.41) is 0.995. The van der Waals surface area contributed by atoms with Gasteiger partial charge in [-0.05, 0) is 50.0 Å². The predicted octanol–water partition coefficient (Wildman–Crippen LogP) is 3.75. The molecule has 4 rings (SSSR count). The van der Waals surface area contributed by atoms with Crippen molar-refractivity contribution >= 4 is 29.1 Å². The van der Waals surface area contributed by atoms with Crippen LogP contribution in [-0.4, -0.2) is 66.9 Å². The molecule has 7 heteroatoms. The van der Waals surface area contributed by atoms with Crippen molar-refractivity contribution in [2.45, 2.75) is 56.4 Å². The van der Waals surface area contributed by atoms with Gasteiger partial charge in [-0.2, -0.15) is 0 Å². The van der Waals surface area contributed by atoms with Crippen molar-refractivity contribution < 1.29 is 14.3 Å². The highest BCUT2D eigenvalue weighted by molar-refractivity contribution is 6.42. The molecule has 1 aromatic rings. The van der Waals surface area contributed by atoms with Crippen molar-refractivity contribution in [2.24, 2.45) is 0 Å². The average Bonchev–Trinajstić information content (AvgIpc) is 3.37. The number of nitrogens with zero attached hydrogens (tertiary/aromatic N) is 2. The molecule has 0 radical (unpaired) electrons. The fraction of sp³-hybridized carbons (Fsp3) is 0.667. The van der Waals surface area contributed by atoms with Crippen LogP contribution in [0.25, 0.3) is 0 Å². The predicted molar refractivity (Wildman–Crippen MR) is 110 cm³/mol. The number of halogens is 2. The minimum Gasteiger partial charge on any atom is -0.347 e. The number of benzene rings is 1. The first-order valence-corrected chi connectivity index (χ1v) is 10.9. The molecule has 5 nitrogen and oxygen atoms in total. The van der Waals surface area contributed by atoms with Gasteiger partial charge in [0, 0.05) is 32.0 Å². The number of rotatable bonds is 4. The summed E-state index contributed by atoms with van der Waals surface area (Å²) in [5.74, 6) is -0.339. The molecule has 0 N–H and O–H groups in total. The van der Waals surface area contributed by atoms with Gasteiger partial charge in [0.25, 0.3) is 0 Å². The zero-order chi connectivity index (χ0) is 19.7. The molecule has 1 spiro atoms. The summed E-state index contributed by atoms with van der Waals surface area (Å²) in [4.78, 5) is 17.5. The van der Waals surface area contributed by atoms with Gasteiger partial charge in [-0.25, -0.2) is 0 Å². The Labute approximate surface area is 176 Å². The summed E-state index contributed by atoms with van der Waals surface area (Å²) in [6.07, 6.45) is 5.34. The number of ether oxygens (including phenoxy) is 2. The highest BCUT2D eigenvalue weighted by Crippen LogP contribution is 2.40. The maximum Gasteiger partial charge on any atom is 0.227 e. The van der Waals surface area contributed by atoms with Gasteiger partial charge in [-0.1, -0.05) is 29.3 Å². The zero-order valence-electron chi connectivity index (χ0n) is 16.3. The first-order valence-electron chi connectivity index (χ1n) is 10.2. The van der Waals surface area contributed by atoms with E-state index in [1.807, 2.05) is 18.0 Å². The molecule has 0 bridgehead atoms. The Balaban J connectivity index is 1.48. The molecule has 28 heavy (non-hydrogen) atoms. The fourth-order valence-corrected chi connectivity index (χ4v) is 5.23. The smallest absolute Gasteiger partial charge is 0.227 e. The van der Waals surface area contributed by atoms with Crippen LogP contribution >= 0.6 is 23.2 Å². The highest BCUT2D eigenvalue weighted by atomic mass is 35.5. The minimum atomic E-state index is -0.447. The van der Waals surface area contributed by atoms with Crippen LogP contribution in [0.3, 0.4) is 0 Å². The lowest BCUT2D eigenvalue weighted by Gasteiger charge is -2.47. The lowest BCUT2D eigenvalue weighted by Crippen LogP contribution is -2.58. The molecule has 3 aliphatic rings. The first kappa shape index (κ1) is 20.4. The maximum absolute atomic E-state index is 13.0. The monoisotopic (exact) mass is 426 g/mol. The summed E-state index contributed by atoms with van der Waals surface area (Å²) >= 11 is 12.1. The Hall–Kier alpha value is -0.850. The quantitative estimate of drug-likeness (QED) is 0.734. The van der Waals surface area contributed by atoms with Gasteiger partial charge in [-0.15, -0.1) is 0 Å². The van der Waals surface area contributed by atoms with Crippen LogP contribution in [0.5, 0.6) is 0 Å². The van der Waals surface area contributed by atoms with Crippen LogP contribution in [0.4, 0.5) is 0 Å². The number of likely N-dealkylation sites (tertiary alicyclic amines) is 1. The fourth-order valence-electron chi connectivity index (χ4n) is 4.91. The van der Waals surface area contributed by atoms with Gasteiger partial charge in [-0.3, -0.25) is 9.69 Å². The third-order valence-electron chi connectivity index (χ3n) is 6.44. The van der Waals surface area contributed by atoms with E-state index >= 15 is 0 Å². The largest absolute Gasteiger partial charge is 0.347 e. The standard InChI is InChI=1S/C21H28Cl2N2O3/c1-24(20(26)13-15-4-5-16(22)17(23)12-15)18-6-7-21(27-10-11-28-21)14-19(18)25-8-2-3-9-25/h4-5,12,18-19H,2-3,6-11,13-14H2,1H3. The van der Waals surface area contributed by atoms with Crippen molar-refractivity contribution in [1.82, 2.24) is 9.80 Å². The Morgan fingerprint density at radius 2 is 1.93 bits per heavy atom. The molecule has 154 valence electrons. The van der Waals surface area contributed by atoms with E-state index in [-0.39, 0.29) is 18.0 Å². The van der Waals surface area contributed by atoms with Crippen molar-refractivity contribution in [3.63, 3.8) is 0 Å². The van der Waals surface area contributed by atoms with Crippen LogP contribution in [0, 0.1) is 0 Å². The molecule has 2 saturated heterocycles. The van der Waals surface area contributed by atoms with E-state index in [0.29, 0.717) is 29.7 Å². The van der Waals surface area contributed by atoms with Crippen LogP contribution in [-0.2, 0) is 20.7 Å². The van der Waals surface area contributed by atoms with E-state index in [0.717, 1.165) is 37.9 Å². The number of hydrogen-bond acceptors (Lipinski definition) is 4. The first-order chi connectivity index (χ1) is 13.5. The molecule has 2 unspecified atom stereocenters. The minimum absolute atomic E-state index is 0.108. The van der Waals surface area contributed by atoms with E-state index in [1.54, 1.807) is 12.1 Å². The molecule has 2 heterocycles. The number of carbonyl (C=O) groups is 1. The highest BCUT2D eigenvalue weighted by Gasteiger charge is 2.48. The second-order valence-corrected chi connectivity index (χ2v) is 8.97. The number of carbonyl (C=O) groups excluding carboxylic acids is 1. The SMILES string of the molecule is CN(C(=O)Cc1ccc(Cl)c(Cl)c1)C1CCC2(CC1N1CCCC1)OCCO2. The Bertz CT molecular complexity index is 718. The van der Waals surface area contributed by atoms with Crippen LogP contribution in [0.15, 0.2) is 18.2 Å². The second kappa shape index (κ2) is 8.49. The van der Waals surface area contributed by atoms with Crippen LogP contribution < -0.4 is 0 Å². The van der Waals surface area contributed by atoms with Gasteiger partial charge < -0.3 is 14.4 Å². The molecule has 3 fully saturated rings. The van der Waals surface area contributed by atoms with Crippen molar-refractivity contribution in [2.75, 3.05) is 33.4 Å². The zero-order valence-corrected chi connectivity index (χ0v) is 17.8. The molecule has 2 aliphatic heterocycles. The van der Waals surface area contributed by atoms with E-state index in [2.05, 4.69) is 4.90 Å². The third kappa shape index (κ3) is 4.19. The molecule has 0 aromatic heterocycles. The summed E-state index contributed by atoms with van der Waals surface area (Å²) < 4.78 is 12.0. The van der Waals surface area contributed by atoms with Gasteiger partial charge in [0.15, 0.2) is 5.79 Å². The Morgan fingerprint density at radius 3 is 2.61 bits per heavy atom. The molecule has 1 saturated carbocycles. The van der Waals surface area contributed by atoms with Crippen molar-refractivity contribution in [3.8, 4) is 0 Å². The number of likely N-dealkylation sites (N-methyl/N-ethyl adjacent to an activating group) is 1. The van der Waals surface area contributed by atoms with Gasteiger partial charge in [0.05, 0.1) is 29.7 Å². The molecular formula is C21H28Cl2N2O3. The number of hydrogen-bond donors (Lipinski definition) is 0. The van der Waals surface area contributed by atoms with Crippen LogP contribution in [0.2, 0.25) is 10.0 Å².